The molecule has 0 fully saturated rings. The molecular weight excluding hydrogens is 246 g/mol. The number of nitrogens with one attached hydrogen (secondary N) is 1. The van der Waals surface area contributed by atoms with Crippen LogP contribution in [-0.2, 0) is 0 Å². The Hall–Kier alpha value is -2.19. The minimum Gasteiger partial charge on any atom is -0.439 e. The summed E-state index contributed by atoms with van der Waals surface area (Å²) in [6.45, 7) is 2.04. The summed E-state index contributed by atoms with van der Waals surface area (Å²) in [6.07, 6.45) is 0. The number of imidazole rings is 1. The second-order valence-corrected chi connectivity index (χ2v) is 4.89. The van der Waals surface area contributed by atoms with Crippen molar-refractivity contribution >= 4 is 22.8 Å². The quantitative estimate of drug-likeness (QED) is 0.761. The minimum atomic E-state index is 0.310. The number of aromatic nitrogens is 2. The molecule has 1 aromatic carbocycles. The molecule has 4 nitrogen and oxygen atoms in total. The van der Waals surface area contributed by atoms with Gasteiger partial charge in [0.1, 0.15) is 6.07 Å². The number of benzene rings is 1. The summed E-state index contributed by atoms with van der Waals surface area (Å²) in [6, 6.07) is 11.4. The second kappa shape index (κ2) is 4.24. The molecule has 0 saturated carbocycles. The summed E-state index contributed by atoms with van der Waals surface area (Å²) in [5.74, 6) is 0.310. The molecule has 88 valence electrons. The number of hydrogen-bond donors (Lipinski definition) is 1. The number of aromatic amines is 1. The van der Waals surface area contributed by atoms with Gasteiger partial charge in [-0.3, -0.25) is 0 Å². The third kappa shape index (κ3) is 1.98. The molecule has 0 aliphatic heterocycles. The van der Waals surface area contributed by atoms with Crippen molar-refractivity contribution in [2.24, 2.45) is 0 Å². The average molecular weight is 255 g/mol. The van der Waals surface area contributed by atoms with E-state index in [1.165, 1.54) is 17.3 Å². The number of H-pyrrole nitrogens is 1. The first-order chi connectivity index (χ1) is 8.74. The van der Waals surface area contributed by atoms with E-state index in [0.29, 0.717) is 10.9 Å². The van der Waals surface area contributed by atoms with Crippen LogP contribution in [0.25, 0.3) is 11.0 Å². The van der Waals surface area contributed by atoms with Crippen molar-refractivity contribution in [3.8, 4) is 6.07 Å². The van der Waals surface area contributed by atoms with Gasteiger partial charge in [0.2, 0.25) is 5.76 Å². The normalized spacial score (nSPS) is 10.7. The van der Waals surface area contributed by atoms with Crippen LogP contribution in [0.15, 0.2) is 45.0 Å². The maximum absolute atomic E-state index is 8.69. The summed E-state index contributed by atoms with van der Waals surface area (Å²) in [5, 5.41) is 10.1. The Balaban J connectivity index is 1.93. The van der Waals surface area contributed by atoms with Gasteiger partial charge in [-0.15, -0.1) is 0 Å². The molecular formula is C13H9N3OS. The molecule has 0 saturated heterocycles. The lowest BCUT2D eigenvalue weighted by atomic mass is 10.2. The van der Waals surface area contributed by atoms with Crippen molar-refractivity contribution in [1.29, 1.82) is 5.26 Å². The first-order valence-electron chi connectivity index (χ1n) is 5.39. The first-order valence-corrected chi connectivity index (χ1v) is 6.20. The predicted octanol–water partition coefficient (Wildman–Crippen LogP) is 3.49. The summed E-state index contributed by atoms with van der Waals surface area (Å²) < 4.78 is 5.30. The summed E-state index contributed by atoms with van der Waals surface area (Å²) in [4.78, 5) is 7.67. The highest BCUT2D eigenvalue weighted by molar-refractivity contribution is 7.99. The van der Waals surface area contributed by atoms with Gasteiger partial charge < -0.3 is 9.40 Å². The zero-order chi connectivity index (χ0) is 12.5. The van der Waals surface area contributed by atoms with Crippen molar-refractivity contribution in [3.63, 3.8) is 0 Å². The van der Waals surface area contributed by atoms with Crippen LogP contribution in [0.3, 0.4) is 0 Å². The maximum Gasteiger partial charge on any atom is 0.204 e. The number of nitriles is 1. The first kappa shape index (κ1) is 10.9. The van der Waals surface area contributed by atoms with E-state index in [2.05, 4.69) is 16.0 Å². The highest BCUT2D eigenvalue weighted by atomic mass is 32.2. The van der Waals surface area contributed by atoms with Crippen molar-refractivity contribution in [2.45, 2.75) is 17.2 Å². The van der Waals surface area contributed by atoms with Crippen LogP contribution in [0.1, 0.15) is 11.3 Å². The molecule has 2 aromatic heterocycles. The van der Waals surface area contributed by atoms with Gasteiger partial charge in [0.05, 0.1) is 11.0 Å². The molecule has 0 spiro atoms. The van der Waals surface area contributed by atoms with Crippen LogP contribution >= 0.6 is 11.8 Å². The molecule has 18 heavy (non-hydrogen) atoms. The molecule has 0 amide bonds. The SMILES string of the molecule is Cc1ccc2nc(Sc3ccc(C#N)o3)[nH]c2c1. The van der Waals surface area contributed by atoms with Crippen LogP contribution in [0.4, 0.5) is 0 Å². The highest BCUT2D eigenvalue weighted by Crippen LogP contribution is 2.28. The fourth-order valence-corrected chi connectivity index (χ4v) is 2.44. The van der Waals surface area contributed by atoms with E-state index < -0.39 is 0 Å². The van der Waals surface area contributed by atoms with Crippen molar-refractivity contribution in [2.75, 3.05) is 0 Å². The zero-order valence-corrected chi connectivity index (χ0v) is 10.4. The molecule has 0 bridgehead atoms. The molecule has 2 heterocycles. The van der Waals surface area contributed by atoms with Crippen molar-refractivity contribution < 1.29 is 4.42 Å². The van der Waals surface area contributed by atoms with E-state index in [1.807, 2.05) is 25.1 Å². The van der Waals surface area contributed by atoms with E-state index in [0.717, 1.165) is 16.2 Å². The second-order valence-electron chi connectivity index (χ2n) is 3.90. The molecule has 3 rings (SSSR count). The predicted molar refractivity (Wildman–Crippen MR) is 68.4 cm³/mol. The fraction of sp³-hybridized carbons (Fsp3) is 0.0769. The largest absolute Gasteiger partial charge is 0.439 e. The molecule has 1 N–H and O–H groups in total. The van der Waals surface area contributed by atoms with Gasteiger partial charge in [0, 0.05) is 0 Å². The van der Waals surface area contributed by atoms with Gasteiger partial charge in [-0.1, -0.05) is 6.07 Å². The lowest BCUT2D eigenvalue weighted by Crippen LogP contribution is -1.72. The molecule has 0 aliphatic rings. The lowest BCUT2D eigenvalue weighted by Gasteiger charge is -1.90. The van der Waals surface area contributed by atoms with E-state index >= 15 is 0 Å². The third-order valence-electron chi connectivity index (χ3n) is 2.50. The Labute approximate surface area is 108 Å². The summed E-state index contributed by atoms with van der Waals surface area (Å²) >= 11 is 1.37. The van der Waals surface area contributed by atoms with Gasteiger partial charge in [-0.2, -0.15) is 5.26 Å². The zero-order valence-electron chi connectivity index (χ0n) is 9.60. The number of rotatable bonds is 2. The van der Waals surface area contributed by atoms with E-state index in [1.54, 1.807) is 12.1 Å². The Morgan fingerprint density at radius 2 is 2.22 bits per heavy atom. The number of aryl methyl sites for hydroxylation is 1. The molecule has 0 atom stereocenters. The molecule has 0 radical (unpaired) electrons. The fourth-order valence-electron chi connectivity index (χ4n) is 1.68. The van der Waals surface area contributed by atoms with Crippen molar-refractivity contribution in [1.82, 2.24) is 9.97 Å². The van der Waals surface area contributed by atoms with Crippen LogP contribution in [0.5, 0.6) is 0 Å². The van der Waals surface area contributed by atoms with Crippen molar-refractivity contribution in [3.05, 3.63) is 41.7 Å². The Morgan fingerprint density at radius 1 is 1.33 bits per heavy atom. The van der Waals surface area contributed by atoms with Crippen LogP contribution in [-0.4, -0.2) is 9.97 Å². The topological polar surface area (TPSA) is 65.6 Å². The Morgan fingerprint density at radius 3 is 3.00 bits per heavy atom. The molecule has 3 aromatic rings. The lowest BCUT2D eigenvalue weighted by molar-refractivity contribution is 0.463. The van der Waals surface area contributed by atoms with Crippen LogP contribution in [0.2, 0.25) is 0 Å². The smallest absolute Gasteiger partial charge is 0.204 e. The third-order valence-corrected chi connectivity index (χ3v) is 3.31. The highest BCUT2D eigenvalue weighted by Gasteiger charge is 2.08. The van der Waals surface area contributed by atoms with E-state index in [9.17, 15) is 0 Å². The summed E-state index contributed by atoms with van der Waals surface area (Å²) in [5.41, 5.74) is 3.12. The molecule has 5 heteroatoms. The van der Waals surface area contributed by atoms with Crippen LogP contribution in [0, 0.1) is 18.3 Å². The van der Waals surface area contributed by atoms with Gasteiger partial charge >= 0.3 is 0 Å². The van der Waals surface area contributed by atoms with Crippen LogP contribution < -0.4 is 0 Å². The maximum atomic E-state index is 8.69. The standard InChI is InChI=1S/C13H9N3OS/c1-8-2-4-10-11(6-8)16-13(15-10)18-12-5-3-9(7-14)17-12/h2-6H,1H3,(H,15,16). The molecule has 0 aliphatic carbocycles. The van der Waals surface area contributed by atoms with Gasteiger partial charge in [-0.25, -0.2) is 4.98 Å². The van der Waals surface area contributed by atoms with Gasteiger partial charge in [0.25, 0.3) is 0 Å². The van der Waals surface area contributed by atoms with Gasteiger partial charge in [0.15, 0.2) is 10.2 Å². The monoisotopic (exact) mass is 255 g/mol. The number of hydrogen-bond acceptors (Lipinski definition) is 4. The number of nitrogens with zero attached hydrogens (tertiary/aromatic N) is 2. The number of fused-ring (bicyclic) bond motifs is 1. The molecule has 0 unspecified atom stereocenters. The Bertz CT molecular complexity index is 751. The number of furan rings is 1. The minimum absolute atomic E-state index is 0.310. The van der Waals surface area contributed by atoms with E-state index in [4.69, 9.17) is 9.68 Å². The van der Waals surface area contributed by atoms with E-state index in [-0.39, 0.29) is 0 Å². The summed E-state index contributed by atoms with van der Waals surface area (Å²) in [7, 11) is 0. The van der Waals surface area contributed by atoms with Gasteiger partial charge in [-0.05, 0) is 48.5 Å². The average Bonchev–Trinajstić information content (AvgIpc) is 2.95. The Kier molecular flexibility index (Phi) is 2.58.